The van der Waals surface area contributed by atoms with Gasteiger partial charge >= 0.3 is 5.97 Å². The van der Waals surface area contributed by atoms with Crippen LogP contribution in [0.15, 0.2) is 22.6 Å². The number of ether oxygens (including phenoxy) is 1. The van der Waals surface area contributed by atoms with Crippen LogP contribution in [0.2, 0.25) is 0 Å². The lowest BCUT2D eigenvalue weighted by molar-refractivity contribution is 0.0601. The molecule has 0 radical (unpaired) electrons. The SMILES string of the molecule is CCCC(C)c1nc2ccc(C(=O)OC)cc2o1. The molecule has 4 heteroatoms. The Bertz CT molecular complexity index is 559. The van der Waals surface area contributed by atoms with Gasteiger partial charge in [-0.1, -0.05) is 20.3 Å². The van der Waals surface area contributed by atoms with E-state index in [1.165, 1.54) is 7.11 Å². The molecule has 0 saturated carbocycles. The van der Waals surface area contributed by atoms with Crippen molar-refractivity contribution in [2.75, 3.05) is 7.11 Å². The molecule has 0 N–H and O–H groups in total. The number of esters is 1. The summed E-state index contributed by atoms with van der Waals surface area (Å²) in [5.74, 6) is 0.661. The van der Waals surface area contributed by atoms with E-state index in [2.05, 4.69) is 23.6 Å². The van der Waals surface area contributed by atoms with Crippen molar-refractivity contribution in [1.29, 1.82) is 0 Å². The molecule has 1 heterocycles. The lowest BCUT2D eigenvalue weighted by Gasteiger charge is -2.02. The second kappa shape index (κ2) is 5.21. The van der Waals surface area contributed by atoms with E-state index in [1.54, 1.807) is 18.2 Å². The van der Waals surface area contributed by atoms with Crippen LogP contribution < -0.4 is 0 Å². The third kappa shape index (κ3) is 2.37. The first-order chi connectivity index (χ1) is 8.65. The Labute approximate surface area is 106 Å². The predicted octanol–water partition coefficient (Wildman–Crippen LogP) is 3.52. The molecule has 0 spiro atoms. The van der Waals surface area contributed by atoms with E-state index in [0.29, 0.717) is 17.1 Å². The lowest BCUT2D eigenvalue weighted by atomic mass is 10.1. The summed E-state index contributed by atoms with van der Waals surface area (Å²) in [5.41, 5.74) is 1.90. The Morgan fingerprint density at radius 3 is 2.94 bits per heavy atom. The van der Waals surface area contributed by atoms with Crippen LogP contribution in [0.3, 0.4) is 0 Å². The van der Waals surface area contributed by atoms with E-state index in [1.807, 2.05) is 0 Å². The highest BCUT2D eigenvalue weighted by Gasteiger charge is 2.14. The third-order valence-electron chi connectivity index (χ3n) is 2.97. The Balaban J connectivity index is 2.36. The van der Waals surface area contributed by atoms with E-state index in [-0.39, 0.29) is 5.97 Å². The molecule has 1 aromatic heterocycles. The molecular weight excluding hydrogens is 230 g/mol. The molecule has 0 amide bonds. The number of benzene rings is 1. The number of carbonyl (C=O) groups excluding carboxylic acids is 1. The van der Waals surface area contributed by atoms with Crippen LogP contribution in [0.25, 0.3) is 11.1 Å². The van der Waals surface area contributed by atoms with Gasteiger partial charge in [0.05, 0.1) is 12.7 Å². The second-order valence-electron chi connectivity index (χ2n) is 4.42. The Morgan fingerprint density at radius 1 is 1.50 bits per heavy atom. The maximum absolute atomic E-state index is 11.4. The zero-order valence-corrected chi connectivity index (χ0v) is 10.9. The molecule has 0 saturated heterocycles. The number of fused-ring (bicyclic) bond motifs is 1. The normalized spacial score (nSPS) is 12.6. The van der Waals surface area contributed by atoms with Gasteiger partial charge in [-0.05, 0) is 24.6 Å². The summed E-state index contributed by atoms with van der Waals surface area (Å²) in [6, 6.07) is 5.16. The van der Waals surface area contributed by atoms with Gasteiger partial charge in [0.15, 0.2) is 11.5 Å². The van der Waals surface area contributed by atoms with Crippen LogP contribution >= 0.6 is 0 Å². The number of oxazole rings is 1. The zero-order valence-electron chi connectivity index (χ0n) is 10.9. The van der Waals surface area contributed by atoms with Crippen LogP contribution in [0.5, 0.6) is 0 Å². The fourth-order valence-corrected chi connectivity index (χ4v) is 1.95. The predicted molar refractivity (Wildman–Crippen MR) is 68.7 cm³/mol. The fraction of sp³-hybridized carbons (Fsp3) is 0.429. The molecule has 2 aromatic rings. The van der Waals surface area contributed by atoms with Gasteiger partial charge in [0.1, 0.15) is 5.52 Å². The topological polar surface area (TPSA) is 52.3 Å². The number of hydrogen-bond acceptors (Lipinski definition) is 4. The molecule has 0 aliphatic rings. The summed E-state index contributed by atoms with van der Waals surface area (Å²) >= 11 is 0. The molecule has 1 aromatic carbocycles. The number of rotatable bonds is 4. The lowest BCUT2D eigenvalue weighted by Crippen LogP contribution is -2.00. The summed E-state index contributed by atoms with van der Waals surface area (Å²) < 4.78 is 10.4. The van der Waals surface area contributed by atoms with Gasteiger partial charge in [0, 0.05) is 5.92 Å². The van der Waals surface area contributed by atoms with Crippen molar-refractivity contribution in [2.45, 2.75) is 32.6 Å². The van der Waals surface area contributed by atoms with Crippen molar-refractivity contribution in [3.05, 3.63) is 29.7 Å². The van der Waals surface area contributed by atoms with Crippen molar-refractivity contribution in [3.8, 4) is 0 Å². The van der Waals surface area contributed by atoms with E-state index in [0.717, 1.165) is 24.2 Å². The van der Waals surface area contributed by atoms with Gasteiger partial charge in [-0.3, -0.25) is 0 Å². The second-order valence-corrected chi connectivity index (χ2v) is 4.42. The highest BCUT2D eigenvalue weighted by Crippen LogP contribution is 2.25. The molecular formula is C14H17NO3. The minimum Gasteiger partial charge on any atom is -0.465 e. The number of aromatic nitrogens is 1. The summed E-state index contributed by atoms with van der Waals surface area (Å²) in [5, 5.41) is 0. The Morgan fingerprint density at radius 2 is 2.28 bits per heavy atom. The van der Waals surface area contributed by atoms with Gasteiger partial charge in [0.2, 0.25) is 0 Å². The average Bonchev–Trinajstić information content (AvgIpc) is 2.80. The molecule has 1 unspecified atom stereocenters. The standard InChI is InChI=1S/C14H17NO3/c1-4-5-9(2)13-15-11-7-6-10(14(16)17-3)8-12(11)18-13/h6-9H,4-5H2,1-3H3. The molecule has 0 fully saturated rings. The van der Waals surface area contributed by atoms with Crippen LogP contribution in [-0.4, -0.2) is 18.1 Å². The van der Waals surface area contributed by atoms with Crippen molar-refractivity contribution < 1.29 is 13.9 Å². The maximum Gasteiger partial charge on any atom is 0.337 e. The summed E-state index contributed by atoms with van der Waals surface area (Å²) in [7, 11) is 1.36. The van der Waals surface area contributed by atoms with Crippen LogP contribution in [0.4, 0.5) is 0 Å². The van der Waals surface area contributed by atoms with Gasteiger partial charge in [-0.25, -0.2) is 9.78 Å². The first-order valence-corrected chi connectivity index (χ1v) is 6.14. The Hall–Kier alpha value is -1.84. The number of methoxy groups -OCH3 is 1. The Kier molecular flexibility index (Phi) is 3.65. The molecule has 4 nitrogen and oxygen atoms in total. The van der Waals surface area contributed by atoms with Crippen molar-refractivity contribution in [3.63, 3.8) is 0 Å². The fourth-order valence-electron chi connectivity index (χ4n) is 1.95. The highest BCUT2D eigenvalue weighted by molar-refractivity contribution is 5.93. The van der Waals surface area contributed by atoms with Crippen LogP contribution in [-0.2, 0) is 4.74 Å². The molecule has 2 rings (SSSR count). The van der Waals surface area contributed by atoms with Crippen molar-refractivity contribution >= 4 is 17.1 Å². The maximum atomic E-state index is 11.4. The molecule has 96 valence electrons. The van der Waals surface area contributed by atoms with Gasteiger partial charge in [-0.15, -0.1) is 0 Å². The van der Waals surface area contributed by atoms with Crippen molar-refractivity contribution in [1.82, 2.24) is 4.98 Å². The first kappa shape index (κ1) is 12.6. The number of nitrogens with zero attached hydrogens (tertiary/aromatic N) is 1. The molecule has 18 heavy (non-hydrogen) atoms. The molecule has 0 bridgehead atoms. The van der Waals surface area contributed by atoms with E-state index >= 15 is 0 Å². The van der Waals surface area contributed by atoms with Gasteiger partial charge in [0.25, 0.3) is 0 Å². The summed E-state index contributed by atoms with van der Waals surface area (Å²) in [4.78, 5) is 15.9. The van der Waals surface area contributed by atoms with Crippen LogP contribution in [0.1, 0.15) is 48.9 Å². The van der Waals surface area contributed by atoms with E-state index < -0.39 is 0 Å². The zero-order chi connectivity index (χ0) is 13.1. The van der Waals surface area contributed by atoms with Gasteiger partial charge in [-0.2, -0.15) is 0 Å². The number of carbonyl (C=O) groups is 1. The number of hydrogen-bond donors (Lipinski definition) is 0. The molecule has 0 aliphatic heterocycles. The smallest absolute Gasteiger partial charge is 0.337 e. The first-order valence-electron chi connectivity index (χ1n) is 6.14. The van der Waals surface area contributed by atoms with Gasteiger partial charge < -0.3 is 9.15 Å². The molecule has 1 atom stereocenters. The molecule has 0 aliphatic carbocycles. The minimum atomic E-state index is -0.364. The summed E-state index contributed by atoms with van der Waals surface area (Å²) in [6.07, 6.45) is 2.13. The highest BCUT2D eigenvalue weighted by atomic mass is 16.5. The monoisotopic (exact) mass is 247 g/mol. The third-order valence-corrected chi connectivity index (χ3v) is 2.97. The van der Waals surface area contributed by atoms with E-state index in [4.69, 9.17) is 4.42 Å². The average molecular weight is 247 g/mol. The van der Waals surface area contributed by atoms with E-state index in [9.17, 15) is 4.79 Å². The largest absolute Gasteiger partial charge is 0.465 e. The van der Waals surface area contributed by atoms with Crippen molar-refractivity contribution in [2.24, 2.45) is 0 Å². The minimum absolute atomic E-state index is 0.295. The summed E-state index contributed by atoms with van der Waals surface area (Å²) in [6.45, 7) is 4.23. The van der Waals surface area contributed by atoms with Crippen LogP contribution in [0, 0.1) is 0 Å². The quantitative estimate of drug-likeness (QED) is 0.776.